The second-order valence-electron chi connectivity index (χ2n) is 9.99. The maximum absolute atomic E-state index is 12.3. The minimum Gasteiger partial charge on any atom is -0.355 e. The molecule has 208 valence electrons. The second-order valence-corrected chi connectivity index (χ2v) is 13.0. The van der Waals surface area contributed by atoms with Crippen LogP contribution < -0.4 is 20.7 Å². The highest BCUT2D eigenvalue weighted by Crippen LogP contribution is 2.34. The lowest BCUT2D eigenvalue weighted by Crippen LogP contribution is -2.54. The van der Waals surface area contributed by atoms with E-state index in [9.17, 15) is 23.7 Å². The summed E-state index contributed by atoms with van der Waals surface area (Å²) < 4.78 is 26.1. The number of nitrogens with zero attached hydrogens (tertiary/aromatic N) is 4. The van der Waals surface area contributed by atoms with E-state index in [1.54, 1.807) is 32.9 Å². The summed E-state index contributed by atoms with van der Waals surface area (Å²) in [6.45, 7) is 8.04. The van der Waals surface area contributed by atoms with E-state index >= 15 is 0 Å². The topological polar surface area (TPSA) is 165 Å². The van der Waals surface area contributed by atoms with Gasteiger partial charge in [0.05, 0.1) is 22.4 Å². The number of pyridine rings is 1. The number of sulfonamides is 1. The summed E-state index contributed by atoms with van der Waals surface area (Å²) in [5.41, 5.74) is 7.88. The van der Waals surface area contributed by atoms with E-state index in [2.05, 4.69) is 22.2 Å². The van der Waals surface area contributed by atoms with Gasteiger partial charge in [-0.3, -0.25) is 9.52 Å². The summed E-state index contributed by atoms with van der Waals surface area (Å²) in [4.78, 5) is 19.2. The molecule has 0 bridgehead atoms. The molecular weight excluding hydrogens is 534 g/mol. The van der Waals surface area contributed by atoms with Crippen LogP contribution in [-0.4, -0.2) is 49.7 Å². The Morgan fingerprint density at radius 2 is 1.77 bits per heavy atom. The van der Waals surface area contributed by atoms with E-state index in [-0.39, 0.29) is 17.7 Å². The lowest BCUT2D eigenvalue weighted by molar-refractivity contribution is -0.126. The summed E-state index contributed by atoms with van der Waals surface area (Å²) >= 11 is 1.41. The van der Waals surface area contributed by atoms with Crippen molar-refractivity contribution in [2.75, 3.05) is 28.5 Å². The van der Waals surface area contributed by atoms with Crippen molar-refractivity contribution >= 4 is 39.2 Å². The molecule has 0 spiro atoms. The molecule has 0 aliphatic carbocycles. The molecule has 1 aromatic heterocycles. The van der Waals surface area contributed by atoms with Gasteiger partial charge < -0.3 is 16.0 Å². The normalized spacial score (nSPS) is 14.4. The largest absolute Gasteiger partial charge is 0.355 e. The molecule has 12 heteroatoms. The maximum atomic E-state index is 12.3. The van der Waals surface area contributed by atoms with Crippen molar-refractivity contribution in [1.82, 2.24) is 10.3 Å². The number of piperidine rings is 1. The van der Waals surface area contributed by atoms with E-state index in [0.717, 1.165) is 5.56 Å². The van der Waals surface area contributed by atoms with Gasteiger partial charge in [-0.05, 0) is 63.3 Å². The Morgan fingerprint density at radius 1 is 1.15 bits per heavy atom. The van der Waals surface area contributed by atoms with Crippen LogP contribution in [0, 0.1) is 22.7 Å². The number of nitriles is 2. The van der Waals surface area contributed by atoms with Crippen molar-refractivity contribution in [3.63, 3.8) is 0 Å². The minimum absolute atomic E-state index is 0.00775. The summed E-state index contributed by atoms with van der Waals surface area (Å²) in [7, 11) is -3.35. The third-order valence-corrected chi connectivity index (χ3v) is 8.88. The standard InChI is InChI=1S/C27H35N7O3S2/c1-5-21-22(15-28)24(34-13-11-19(12-14-34)31-26(35)27(3,4)30)32-25(23(21)16-29)38-17-18-7-9-20(10-8-18)33-39(36,37)6-2/h7-10,19,33H,5-6,11-14,17,30H2,1-4H3,(H,31,35). The highest BCUT2D eigenvalue weighted by atomic mass is 32.2. The lowest BCUT2D eigenvalue weighted by Gasteiger charge is -2.35. The molecule has 1 aromatic carbocycles. The smallest absolute Gasteiger partial charge is 0.239 e. The monoisotopic (exact) mass is 569 g/mol. The number of hydrogen-bond acceptors (Lipinski definition) is 9. The molecule has 1 aliphatic rings. The van der Waals surface area contributed by atoms with Gasteiger partial charge in [-0.2, -0.15) is 10.5 Å². The number of aromatic nitrogens is 1. The zero-order valence-corrected chi connectivity index (χ0v) is 24.4. The number of thioether (sulfide) groups is 1. The zero-order valence-electron chi connectivity index (χ0n) is 22.7. The van der Waals surface area contributed by atoms with Gasteiger partial charge in [0.15, 0.2) is 0 Å². The number of nitrogens with two attached hydrogens (primary N) is 1. The van der Waals surface area contributed by atoms with Crippen molar-refractivity contribution in [3.8, 4) is 12.1 Å². The van der Waals surface area contributed by atoms with Gasteiger partial charge in [-0.1, -0.05) is 19.1 Å². The molecule has 39 heavy (non-hydrogen) atoms. The third kappa shape index (κ3) is 7.63. The Kier molecular flexibility index (Phi) is 9.83. The molecule has 0 unspecified atom stereocenters. The first-order valence-corrected chi connectivity index (χ1v) is 15.5. The van der Waals surface area contributed by atoms with Crippen LogP contribution in [0.1, 0.15) is 62.8 Å². The molecule has 1 amide bonds. The number of carbonyl (C=O) groups is 1. The fourth-order valence-electron chi connectivity index (χ4n) is 4.20. The van der Waals surface area contributed by atoms with E-state index in [0.29, 0.717) is 71.3 Å². The van der Waals surface area contributed by atoms with Crippen LogP contribution in [0.25, 0.3) is 0 Å². The van der Waals surface area contributed by atoms with Crippen LogP contribution in [0.2, 0.25) is 0 Å². The van der Waals surface area contributed by atoms with Crippen LogP contribution >= 0.6 is 11.8 Å². The predicted molar refractivity (Wildman–Crippen MR) is 154 cm³/mol. The van der Waals surface area contributed by atoms with Gasteiger partial charge in [0.2, 0.25) is 15.9 Å². The average molecular weight is 570 g/mol. The summed E-state index contributed by atoms with van der Waals surface area (Å²) in [6.07, 6.45) is 1.89. The highest BCUT2D eigenvalue weighted by Gasteiger charge is 2.29. The molecule has 0 saturated carbocycles. The van der Waals surface area contributed by atoms with Crippen molar-refractivity contribution in [2.24, 2.45) is 5.73 Å². The van der Waals surface area contributed by atoms with Gasteiger partial charge in [-0.25, -0.2) is 13.4 Å². The van der Waals surface area contributed by atoms with Crippen molar-refractivity contribution in [1.29, 1.82) is 10.5 Å². The number of benzene rings is 1. The Labute approximate surface area is 235 Å². The third-order valence-electron chi connectivity index (χ3n) is 6.52. The van der Waals surface area contributed by atoms with Crippen LogP contribution in [0.3, 0.4) is 0 Å². The van der Waals surface area contributed by atoms with Gasteiger partial charge in [0.25, 0.3) is 0 Å². The number of carbonyl (C=O) groups excluding carboxylic acids is 1. The van der Waals surface area contributed by atoms with Gasteiger partial charge in [-0.15, -0.1) is 11.8 Å². The summed E-state index contributed by atoms with van der Waals surface area (Å²) in [5.74, 6) is 0.869. The van der Waals surface area contributed by atoms with Gasteiger partial charge in [0, 0.05) is 30.6 Å². The first-order valence-electron chi connectivity index (χ1n) is 12.9. The fraction of sp³-hybridized carbons (Fsp3) is 0.481. The molecule has 2 aromatic rings. The number of hydrogen-bond donors (Lipinski definition) is 3. The van der Waals surface area contributed by atoms with E-state index < -0.39 is 15.6 Å². The highest BCUT2D eigenvalue weighted by molar-refractivity contribution is 7.98. The fourth-order valence-corrected chi connectivity index (χ4v) is 5.80. The van der Waals surface area contributed by atoms with Crippen molar-refractivity contribution in [2.45, 2.75) is 69.3 Å². The molecule has 4 N–H and O–H groups in total. The van der Waals surface area contributed by atoms with Crippen LogP contribution in [0.5, 0.6) is 0 Å². The van der Waals surface area contributed by atoms with E-state index in [1.807, 2.05) is 24.0 Å². The van der Waals surface area contributed by atoms with E-state index in [1.165, 1.54) is 11.8 Å². The molecule has 0 radical (unpaired) electrons. The quantitative estimate of drug-likeness (QED) is 0.364. The molecule has 3 rings (SSSR count). The van der Waals surface area contributed by atoms with Crippen molar-refractivity contribution < 1.29 is 13.2 Å². The first-order chi connectivity index (χ1) is 18.4. The number of anilines is 2. The zero-order chi connectivity index (χ0) is 28.8. The Morgan fingerprint density at radius 3 is 2.28 bits per heavy atom. The van der Waals surface area contributed by atoms with E-state index in [4.69, 9.17) is 10.7 Å². The van der Waals surface area contributed by atoms with Crippen molar-refractivity contribution in [3.05, 3.63) is 46.5 Å². The van der Waals surface area contributed by atoms with Gasteiger partial charge >= 0.3 is 0 Å². The first kappa shape index (κ1) is 30.2. The van der Waals surface area contributed by atoms with Gasteiger partial charge in [0.1, 0.15) is 23.0 Å². The Balaban J connectivity index is 1.81. The van der Waals surface area contributed by atoms with Crippen LogP contribution in [0.15, 0.2) is 29.3 Å². The maximum Gasteiger partial charge on any atom is 0.239 e. The van der Waals surface area contributed by atoms with Crippen LogP contribution in [0.4, 0.5) is 11.5 Å². The SMILES string of the molecule is CCc1c(C#N)c(SCc2ccc(NS(=O)(=O)CC)cc2)nc(N2CCC(NC(=O)C(C)(C)N)CC2)c1C#N. The molecule has 0 atom stereocenters. The second kappa shape index (κ2) is 12.7. The summed E-state index contributed by atoms with van der Waals surface area (Å²) in [6, 6.07) is 11.6. The molecule has 2 heterocycles. The Bertz CT molecular complexity index is 1380. The molecular formula is C27H35N7O3S2. The van der Waals surface area contributed by atoms with Crippen LogP contribution in [-0.2, 0) is 27.0 Å². The minimum atomic E-state index is -3.35. The molecule has 10 nitrogen and oxygen atoms in total. The molecule has 1 saturated heterocycles. The Hall–Kier alpha value is -3.32. The number of rotatable bonds is 10. The number of nitrogens with one attached hydrogen (secondary N) is 2. The molecule has 1 fully saturated rings. The summed E-state index contributed by atoms with van der Waals surface area (Å²) in [5, 5.41) is 23.5. The average Bonchev–Trinajstić information content (AvgIpc) is 2.91. The lowest BCUT2D eigenvalue weighted by atomic mass is 9.99. The predicted octanol–water partition coefficient (Wildman–Crippen LogP) is 3.26. The number of amides is 1. The molecule has 1 aliphatic heterocycles.